The van der Waals surface area contributed by atoms with Crippen LogP contribution in [0.1, 0.15) is 26.3 Å². The lowest BCUT2D eigenvalue weighted by atomic mass is 10.1. The largest absolute Gasteiger partial charge is 0.369 e. The first-order valence-electron chi connectivity index (χ1n) is 7.73. The Hall–Kier alpha value is -1.06. The summed E-state index contributed by atoms with van der Waals surface area (Å²) in [4.78, 5) is 5.06. The van der Waals surface area contributed by atoms with Crippen molar-refractivity contribution in [1.82, 2.24) is 10.2 Å². The lowest BCUT2D eigenvalue weighted by Gasteiger charge is -2.36. The molecule has 3 nitrogen and oxygen atoms in total. The molecule has 1 aliphatic heterocycles. The molecule has 2 rings (SSSR count). The van der Waals surface area contributed by atoms with Crippen LogP contribution in [0.3, 0.4) is 0 Å². The summed E-state index contributed by atoms with van der Waals surface area (Å²) in [5.41, 5.74) is 2.94. The number of rotatable bonds is 4. The standard InChI is InChI=1S/C17H29N3/c1-15-6-5-7-16(14-15)20-12-10-19(11-13-20)9-8-18-17(2,3)4/h5-7,14,18H,8-13H2,1-4H3. The van der Waals surface area contributed by atoms with Crippen LogP contribution in [-0.4, -0.2) is 49.7 Å². The monoisotopic (exact) mass is 275 g/mol. The van der Waals surface area contributed by atoms with Crippen molar-refractivity contribution in [2.24, 2.45) is 0 Å². The molecule has 0 unspecified atom stereocenters. The molecule has 0 bridgehead atoms. The van der Waals surface area contributed by atoms with E-state index in [1.807, 2.05) is 0 Å². The molecule has 3 heteroatoms. The zero-order valence-corrected chi connectivity index (χ0v) is 13.4. The minimum atomic E-state index is 0.226. The smallest absolute Gasteiger partial charge is 0.0369 e. The Kier molecular flexibility index (Phi) is 5.06. The highest BCUT2D eigenvalue weighted by molar-refractivity contribution is 5.48. The molecular formula is C17H29N3. The van der Waals surface area contributed by atoms with Crippen molar-refractivity contribution in [2.45, 2.75) is 33.2 Å². The van der Waals surface area contributed by atoms with Gasteiger partial charge in [-0.2, -0.15) is 0 Å². The van der Waals surface area contributed by atoms with E-state index >= 15 is 0 Å². The maximum absolute atomic E-state index is 3.56. The topological polar surface area (TPSA) is 18.5 Å². The Balaban J connectivity index is 1.75. The number of nitrogens with one attached hydrogen (secondary N) is 1. The highest BCUT2D eigenvalue weighted by Crippen LogP contribution is 2.17. The molecule has 0 aliphatic carbocycles. The van der Waals surface area contributed by atoms with Crippen LogP contribution in [0.5, 0.6) is 0 Å². The van der Waals surface area contributed by atoms with E-state index in [1.165, 1.54) is 24.3 Å². The molecular weight excluding hydrogens is 246 g/mol. The summed E-state index contributed by atoms with van der Waals surface area (Å²) in [6.07, 6.45) is 0. The van der Waals surface area contributed by atoms with E-state index in [4.69, 9.17) is 0 Å². The van der Waals surface area contributed by atoms with Gasteiger partial charge in [0, 0.05) is 50.5 Å². The Morgan fingerprint density at radius 3 is 2.40 bits per heavy atom. The van der Waals surface area contributed by atoms with Crippen LogP contribution >= 0.6 is 0 Å². The zero-order chi connectivity index (χ0) is 14.6. The molecule has 0 amide bonds. The average Bonchev–Trinajstić information content (AvgIpc) is 2.38. The molecule has 20 heavy (non-hydrogen) atoms. The minimum absolute atomic E-state index is 0.226. The van der Waals surface area contributed by atoms with Crippen LogP contribution in [0, 0.1) is 6.92 Å². The highest BCUT2D eigenvalue weighted by atomic mass is 15.3. The number of aryl methyl sites for hydroxylation is 1. The van der Waals surface area contributed by atoms with Gasteiger partial charge in [0.1, 0.15) is 0 Å². The average molecular weight is 275 g/mol. The summed E-state index contributed by atoms with van der Waals surface area (Å²) in [7, 11) is 0. The van der Waals surface area contributed by atoms with E-state index in [2.05, 4.69) is 67.1 Å². The van der Waals surface area contributed by atoms with Crippen LogP contribution < -0.4 is 10.2 Å². The van der Waals surface area contributed by atoms with Crippen molar-refractivity contribution in [3.63, 3.8) is 0 Å². The van der Waals surface area contributed by atoms with Gasteiger partial charge in [-0.25, -0.2) is 0 Å². The minimum Gasteiger partial charge on any atom is -0.369 e. The maximum atomic E-state index is 3.56. The van der Waals surface area contributed by atoms with Crippen LogP contribution in [0.25, 0.3) is 0 Å². The van der Waals surface area contributed by atoms with Crippen molar-refractivity contribution in [3.8, 4) is 0 Å². The molecule has 1 N–H and O–H groups in total. The van der Waals surface area contributed by atoms with Crippen molar-refractivity contribution >= 4 is 5.69 Å². The van der Waals surface area contributed by atoms with E-state index < -0.39 is 0 Å². The fourth-order valence-corrected chi connectivity index (χ4v) is 2.64. The third kappa shape index (κ3) is 4.80. The molecule has 0 radical (unpaired) electrons. The van der Waals surface area contributed by atoms with Gasteiger partial charge in [0.25, 0.3) is 0 Å². The van der Waals surface area contributed by atoms with Crippen LogP contribution in [0.4, 0.5) is 5.69 Å². The summed E-state index contributed by atoms with van der Waals surface area (Å²) in [5.74, 6) is 0. The molecule has 1 aromatic carbocycles. The van der Waals surface area contributed by atoms with Crippen molar-refractivity contribution in [2.75, 3.05) is 44.2 Å². The van der Waals surface area contributed by atoms with Gasteiger partial charge in [0.2, 0.25) is 0 Å². The number of benzene rings is 1. The Labute approximate surface area is 124 Å². The fourth-order valence-electron chi connectivity index (χ4n) is 2.64. The van der Waals surface area contributed by atoms with E-state index in [0.717, 1.165) is 26.2 Å². The van der Waals surface area contributed by atoms with E-state index in [1.54, 1.807) is 0 Å². The van der Waals surface area contributed by atoms with E-state index in [0.29, 0.717) is 0 Å². The summed E-state index contributed by atoms with van der Waals surface area (Å²) in [5, 5.41) is 3.56. The second-order valence-corrected chi connectivity index (χ2v) is 6.84. The summed E-state index contributed by atoms with van der Waals surface area (Å²) < 4.78 is 0. The van der Waals surface area contributed by atoms with E-state index in [-0.39, 0.29) is 5.54 Å². The summed E-state index contributed by atoms with van der Waals surface area (Å²) in [6, 6.07) is 8.84. The maximum Gasteiger partial charge on any atom is 0.0369 e. The molecule has 0 aromatic heterocycles. The van der Waals surface area contributed by atoms with Crippen LogP contribution in [0.2, 0.25) is 0 Å². The first kappa shape index (κ1) is 15.3. The molecule has 0 saturated carbocycles. The molecule has 1 saturated heterocycles. The lowest BCUT2D eigenvalue weighted by Crippen LogP contribution is -2.49. The normalized spacial score (nSPS) is 17.5. The molecule has 112 valence electrons. The Morgan fingerprint density at radius 2 is 1.80 bits per heavy atom. The highest BCUT2D eigenvalue weighted by Gasteiger charge is 2.17. The second kappa shape index (κ2) is 6.59. The van der Waals surface area contributed by atoms with Gasteiger partial charge in [-0.15, -0.1) is 0 Å². The van der Waals surface area contributed by atoms with E-state index in [9.17, 15) is 0 Å². The van der Waals surface area contributed by atoms with Gasteiger partial charge in [0.15, 0.2) is 0 Å². The molecule has 0 spiro atoms. The van der Waals surface area contributed by atoms with Crippen molar-refractivity contribution in [1.29, 1.82) is 0 Å². The number of nitrogens with zero attached hydrogens (tertiary/aromatic N) is 2. The molecule has 1 fully saturated rings. The number of anilines is 1. The van der Waals surface area contributed by atoms with Crippen LogP contribution in [0.15, 0.2) is 24.3 Å². The second-order valence-electron chi connectivity index (χ2n) is 6.84. The Morgan fingerprint density at radius 1 is 1.10 bits per heavy atom. The predicted octanol–water partition coefficient (Wildman–Crippen LogP) is 2.51. The van der Waals surface area contributed by atoms with Gasteiger partial charge in [0.05, 0.1) is 0 Å². The SMILES string of the molecule is Cc1cccc(N2CCN(CCNC(C)(C)C)CC2)c1. The fraction of sp³-hybridized carbons (Fsp3) is 0.647. The number of piperazine rings is 1. The van der Waals surface area contributed by atoms with Crippen LogP contribution in [-0.2, 0) is 0 Å². The zero-order valence-electron chi connectivity index (χ0n) is 13.4. The predicted molar refractivity (Wildman–Crippen MR) is 87.6 cm³/mol. The van der Waals surface area contributed by atoms with Gasteiger partial charge in [-0.05, 0) is 45.4 Å². The molecule has 0 atom stereocenters. The van der Waals surface area contributed by atoms with Gasteiger partial charge >= 0.3 is 0 Å². The van der Waals surface area contributed by atoms with Crippen molar-refractivity contribution in [3.05, 3.63) is 29.8 Å². The number of hydrogen-bond acceptors (Lipinski definition) is 3. The first-order chi connectivity index (χ1) is 9.44. The third-order valence-electron chi connectivity index (χ3n) is 3.82. The van der Waals surface area contributed by atoms with Gasteiger partial charge < -0.3 is 10.2 Å². The lowest BCUT2D eigenvalue weighted by molar-refractivity contribution is 0.248. The Bertz CT molecular complexity index is 414. The summed E-state index contributed by atoms with van der Waals surface area (Å²) in [6.45, 7) is 15.7. The number of hydrogen-bond donors (Lipinski definition) is 1. The van der Waals surface area contributed by atoms with Crippen molar-refractivity contribution < 1.29 is 0 Å². The molecule has 1 heterocycles. The van der Waals surface area contributed by atoms with Gasteiger partial charge in [-0.1, -0.05) is 12.1 Å². The first-order valence-corrected chi connectivity index (χ1v) is 7.73. The van der Waals surface area contributed by atoms with Gasteiger partial charge in [-0.3, -0.25) is 4.90 Å². The quantitative estimate of drug-likeness (QED) is 0.911. The summed E-state index contributed by atoms with van der Waals surface area (Å²) >= 11 is 0. The third-order valence-corrected chi connectivity index (χ3v) is 3.82. The molecule has 1 aromatic rings. The molecule has 1 aliphatic rings.